The lowest BCUT2D eigenvalue weighted by molar-refractivity contribution is 0.262. The molecule has 0 heterocycles. The predicted octanol–water partition coefficient (Wildman–Crippen LogP) is 5.38. The third-order valence-electron chi connectivity index (χ3n) is 3.75. The van der Waals surface area contributed by atoms with Crippen molar-refractivity contribution in [3.05, 3.63) is 58.7 Å². The molecule has 116 valence electrons. The molecule has 2 aromatic carbocycles. The summed E-state index contributed by atoms with van der Waals surface area (Å²) in [5.74, 6) is 0.361. The number of carbonyl (C=O) groups excluding carboxylic acids is 1. The van der Waals surface area contributed by atoms with E-state index in [4.69, 9.17) is 0 Å². The maximum Gasteiger partial charge on any atom is 0.323 e. The third kappa shape index (κ3) is 3.67. The zero-order valence-corrected chi connectivity index (χ0v) is 13.9. The van der Waals surface area contributed by atoms with Crippen LogP contribution in [0.5, 0.6) is 0 Å². The average molecular weight is 296 g/mol. The van der Waals surface area contributed by atoms with E-state index in [1.54, 1.807) is 0 Å². The second kappa shape index (κ2) is 6.65. The van der Waals surface area contributed by atoms with Gasteiger partial charge in [0.15, 0.2) is 0 Å². The number of hydrogen-bond donors (Lipinski definition) is 2. The van der Waals surface area contributed by atoms with E-state index < -0.39 is 0 Å². The van der Waals surface area contributed by atoms with Gasteiger partial charge in [-0.15, -0.1) is 0 Å². The van der Waals surface area contributed by atoms with Crippen LogP contribution < -0.4 is 10.6 Å². The Labute approximate surface area is 132 Å². The number of para-hydroxylation sites is 1. The lowest BCUT2D eigenvalue weighted by atomic mass is 10.0. The first-order valence-electron chi connectivity index (χ1n) is 7.63. The Hall–Kier alpha value is -2.29. The fourth-order valence-electron chi connectivity index (χ4n) is 2.76. The summed E-state index contributed by atoms with van der Waals surface area (Å²) in [6.07, 6.45) is 0. The monoisotopic (exact) mass is 296 g/mol. The molecule has 22 heavy (non-hydrogen) atoms. The van der Waals surface area contributed by atoms with Crippen molar-refractivity contribution < 1.29 is 4.79 Å². The van der Waals surface area contributed by atoms with Gasteiger partial charge in [-0.25, -0.2) is 4.79 Å². The van der Waals surface area contributed by atoms with Gasteiger partial charge in [0.1, 0.15) is 0 Å². The van der Waals surface area contributed by atoms with Gasteiger partial charge in [0.2, 0.25) is 0 Å². The number of carbonyl (C=O) groups is 1. The van der Waals surface area contributed by atoms with Crippen molar-refractivity contribution in [3.8, 4) is 0 Å². The van der Waals surface area contributed by atoms with Gasteiger partial charge in [-0.3, -0.25) is 0 Å². The number of aryl methyl sites for hydroxylation is 3. The van der Waals surface area contributed by atoms with Crippen LogP contribution in [0.15, 0.2) is 36.4 Å². The molecule has 0 atom stereocenters. The third-order valence-corrected chi connectivity index (χ3v) is 3.75. The van der Waals surface area contributed by atoms with E-state index in [0.29, 0.717) is 5.92 Å². The molecular formula is C19H24N2O. The van der Waals surface area contributed by atoms with Gasteiger partial charge in [0.05, 0.1) is 0 Å². The number of hydrogen-bond acceptors (Lipinski definition) is 1. The number of rotatable bonds is 3. The van der Waals surface area contributed by atoms with Crippen molar-refractivity contribution in [3.63, 3.8) is 0 Å². The molecule has 0 saturated heterocycles. The van der Waals surface area contributed by atoms with Gasteiger partial charge in [-0.2, -0.15) is 0 Å². The van der Waals surface area contributed by atoms with Crippen molar-refractivity contribution in [2.75, 3.05) is 10.6 Å². The summed E-state index contributed by atoms with van der Waals surface area (Å²) in [5, 5.41) is 5.93. The summed E-state index contributed by atoms with van der Waals surface area (Å²) in [6, 6.07) is 11.8. The van der Waals surface area contributed by atoms with E-state index in [0.717, 1.165) is 28.1 Å². The first kappa shape index (κ1) is 16.1. The molecule has 0 aliphatic carbocycles. The van der Waals surface area contributed by atoms with Crippen molar-refractivity contribution >= 4 is 17.4 Å². The number of nitrogens with one attached hydrogen (secondary N) is 2. The lowest BCUT2D eigenvalue weighted by Crippen LogP contribution is -2.21. The first-order chi connectivity index (χ1) is 10.4. The van der Waals surface area contributed by atoms with E-state index in [1.165, 1.54) is 5.56 Å². The molecule has 0 bridgehead atoms. The van der Waals surface area contributed by atoms with Gasteiger partial charge in [-0.05, 0) is 49.4 Å². The van der Waals surface area contributed by atoms with Crippen LogP contribution in [0.4, 0.5) is 16.2 Å². The molecule has 0 unspecified atom stereocenters. The Morgan fingerprint density at radius 3 is 2.14 bits per heavy atom. The standard InChI is InChI=1S/C19H24N2O/c1-12(2)16-8-6-7-9-17(16)20-19(22)21-18-14(4)10-13(3)11-15(18)5/h6-12H,1-5H3,(H2,20,21,22). The minimum Gasteiger partial charge on any atom is -0.307 e. The zero-order valence-electron chi connectivity index (χ0n) is 13.9. The summed E-state index contributed by atoms with van der Waals surface area (Å²) < 4.78 is 0. The molecule has 0 aliphatic rings. The van der Waals surface area contributed by atoms with Crippen LogP contribution in [-0.4, -0.2) is 6.03 Å². The Balaban J connectivity index is 2.18. The highest BCUT2D eigenvalue weighted by atomic mass is 16.2. The van der Waals surface area contributed by atoms with Gasteiger partial charge >= 0.3 is 6.03 Å². The van der Waals surface area contributed by atoms with Crippen LogP contribution in [0.2, 0.25) is 0 Å². The smallest absolute Gasteiger partial charge is 0.307 e. The summed E-state index contributed by atoms with van der Waals surface area (Å²) in [6.45, 7) is 10.3. The van der Waals surface area contributed by atoms with E-state index in [1.807, 2.05) is 38.1 Å². The number of benzene rings is 2. The molecule has 2 rings (SSSR count). The normalized spacial score (nSPS) is 10.6. The Morgan fingerprint density at radius 2 is 1.55 bits per heavy atom. The highest BCUT2D eigenvalue weighted by Gasteiger charge is 2.11. The van der Waals surface area contributed by atoms with Gasteiger partial charge < -0.3 is 10.6 Å². The van der Waals surface area contributed by atoms with E-state index in [-0.39, 0.29) is 6.03 Å². The lowest BCUT2D eigenvalue weighted by Gasteiger charge is -2.16. The molecule has 0 radical (unpaired) electrons. The second-order valence-corrected chi connectivity index (χ2v) is 6.09. The van der Waals surface area contributed by atoms with Crippen LogP contribution in [0.1, 0.15) is 42.0 Å². The molecule has 3 nitrogen and oxygen atoms in total. The van der Waals surface area contributed by atoms with Crippen LogP contribution in [0, 0.1) is 20.8 Å². The summed E-state index contributed by atoms with van der Waals surface area (Å²) in [5.41, 5.74) is 6.22. The van der Waals surface area contributed by atoms with Crippen LogP contribution in [0.3, 0.4) is 0 Å². The van der Waals surface area contributed by atoms with Gasteiger partial charge in [0.25, 0.3) is 0 Å². The maximum absolute atomic E-state index is 12.3. The maximum atomic E-state index is 12.3. The summed E-state index contributed by atoms with van der Waals surface area (Å²) in [7, 11) is 0. The van der Waals surface area contributed by atoms with Crippen LogP contribution in [0.25, 0.3) is 0 Å². The van der Waals surface area contributed by atoms with Crippen LogP contribution in [-0.2, 0) is 0 Å². The predicted molar refractivity (Wildman–Crippen MR) is 93.8 cm³/mol. The van der Waals surface area contributed by atoms with E-state index in [2.05, 4.69) is 43.5 Å². The topological polar surface area (TPSA) is 41.1 Å². The Morgan fingerprint density at radius 1 is 0.955 bits per heavy atom. The summed E-state index contributed by atoms with van der Waals surface area (Å²) in [4.78, 5) is 12.3. The van der Waals surface area contributed by atoms with Crippen LogP contribution >= 0.6 is 0 Å². The fourth-order valence-corrected chi connectivity index (χ4v) is 2.76. The molecule has 0 fully saturated rings. The fraction of sp³-hybridized carbons (Fsp3) is 0.316. The highest BCUT2D eigenvalue weighted by molar-refractivity contribution is 6.01. The van der Waals surface area contributed by atoms with E-state index in [9.17, 15) is 4.79 Å². The first-order valence-corrected chi connectivity index (χ1v) is 7.63. The van der Waals surface area contributed by atoms with Crippen molar-refractivity contribution in [1.29, 1.82) is 0 Å². The minimum atomic E-state index is -0.205. The SMILES string of the molecule is Cc1cc(C)c(NC(=O)Nc2ccccc2C(C)C)c(C)c1. The molecule has 0 spiro atoms. The largest absolute Gasteiger partial charge is 0.323 e. The molecule has 2 N–H and O–H groups in total. The molecular weight excluding hydrogens is 272 g/mol. The van der Waals surface area contributed by atoms with Crippen molar-refractivity contribution in [2.24, 2.45) is 0 Å². The highest BCUT2D eigenvalue weighted by Crippen LogP contribution is 2.25. The zero-order chi connectivity index (χ0) is 16.3. The number of urea groups is 1. The molecule has 0 saturated carbocycles. The average Bonchev–Trinajstić information content (AvgIpc) is 2.43. The van der Waals surface area contributed by atoms with Gasteiger partial charge in [-0.1, -0.05) is 49.7 Å². The Bertz CT molecular complexity index is 667. The van der Waals surface area contributed by atoms with Gasteiger partial charge in [0, 0.05) is 11.4 Å². The number of anilines is 2. The Kier molecular flexibility index (Phi) is 4.86. The summed E-state index contributed by atoms with van der Waals surface area (Å²) >= 11 is 0. The van der Waals surface area contributed by atoms with Crippen molar-refractivity contribution in [1.82, 2.24) is 0 Å². The molecule has 0 aromatic heterocycles. The second-order valence-electron chi connectivity index (χ2n) is 6.09. The van der Waals surface area contributed by atoms with Crippen molar-refractivity contribution in [2.45, 2.75) is 40.5 Å². The molecule has 2 amide bonds. The van der Waals surface area contributed by atoms with E-state index >= 15 is 0 Å². The minimum absolute atomic E-state index is 0.205. The molecule has 3 heteroatoms. The molecule has 2 aromatic rings. The quantitative estimate of drug-likeness (QED) is 0.784. The molecule has 0 aliphatic heterocycles. The number of amides is 2.